The summed E-state index contributed by atoms with van der Waals surface area (Å²) in [4.78, 5) is 16.4. The maximum absolute atomic E-state index is 12.0. The van der Waals surface area contributed by atoms with Crippen LogP contribution in [0.5, 0.6) is 0 Å². The van der Waals surface area contributed by atoms with Crippen LogP contribution in [-0.4, -0.2) is 16.9 Å². The number of nitrogens with one attached hydrogen (secondary N) is 1. The maximum atomic E-state index is 12.0. The molecule has 1 aromatic carbocycles. The highest BCUT2D eigenvalue weighted by molar-refractivity contribution is 5.96. The minimum absolute atomic E-state index is 0.157. The Balaban J connectivity index is 2.10. The fourth-order valence-corrected chi connectivity index (χ4v) is 2.06. The van der Waals surface area contributed by atoms with Gasteiger partial charge in [0.2, 0.25) is 5.91 Å². The molecule has 1 amide bonds. The standard InChI is InChI=1S/C16H23N3O2/c1-4-5-6-12(17)15(20)18-11-7-8-14-13(9-11)19-16(21-14)10(2)3/h7-10,12H,4-6,17H2,1-3H3,(H,18,20). The minimum Gasteiger partial charge on any atom is -0.440 e. The van der Waals surface area contributed by atoms with Gasteiger partial charge in [-0.25, -0.2) is 4.98 Å². The van der Waals surface area contributed by atoms with Crippen molar-refractivity contribution in [1.82, 2.24) is 4.98 Å². The number of rotatable bonds is 6. The molecule has 1 atom stereocenters. The molecular weight excluding hydrogens is 266 g/mol. The molecule has 2 rings (SSSR count). The predicted octanol–water partition coefficient (Wildman–Crippen LogP) is 3.41. The quantitative estimate of drug-likeness (QED) is 0.854. The molecule has 1 heterocycles. The average Bonchev–Trinajstić information content (AvgIpc) is 2.88. The van der Waals surface area contributed by atoms with Crippen molar-refractivity contribution in [3.05, 3.63) is 24.1 Å². The van der Waals surface area contributed by atoms with Crippen molar-refractivity contribution in [3.63, 3.8) is 0 Å². The highest BCUT2D eigenvalue weighted by Crippen LogP contribution is 2.23. The van der Waals surface area contributed by atoms with Crippen molar-refractivity contribution in [1.29, 1.82) is 0 Å². The largest absolute Gasteiger partial charge is 0.440 e. The highest BCUT2D eigenvalue weighted by Gasteiger charge is 2.14. The van der Waals surface area contributed by atoms with Gasteiger partial charge in [-0.3, -0.25) is 4.79 Å². The number of hydrogen-bond donors (Lipinski definition) is 2. The third-order valence-corrected chi connectivity index (χ3v) is 3.37. The summed E-state index contributed by atoms with van der Waals surface area (Å²) in [5.41, 5.74) is 8.04. The molecule has 0 saturated heterocycles. The number of nitrogens with two attached hydrogens (primary N) is 1. The van der Waals surface area contributed by atoms with E-state index >= 15 is 0 Å². The molecule has 3 N–H and O–H groups in total. The number of oxazole rings is 1. The van der Waals surface area contributed by atoms with Gasteiger partial charge in [0.1, 0.15) is 5.52 Å². The van der Waals surface area contributed by atoms with Gasteiger partial charge >= 0.3 is 0 Å². The molecule has 1 aromatic heterocycles. The number of unbranched alkanes of at least 4 members (excludes halogenated alkanes) is 1. The Kier molecular flexibility index (Phi) is 4.96. The Morgan fingerprint density at radius 1 is 1.43 bits per heavy atom. The van der Waals surface area contributed by atoms with Crippen LogP contribution in [-0.2, 0) is 4.79 Å². The van der Waals surface area contributed by atoms with Gasteiger partial charge < -0.3 is 15.5 Å². The Labute approximate surface area is 124 Å². The summed E-state index contributed by atoms with van der Waals surface area (Å²) in [5, 5.41) is 2.84. The topological polar surface area (TPSA) is 81.2 Å². The number of amides is 1. The molecule has 0 fully saturated rings. The van der Waals surface area contributed by atoms with Crippen LogP contribution in [0.1, 0.15) is 51.8 Å². The number of carbonyl (C=O) groups is 1. The van der Waals surface area contributed by atoms with Gasteiger partial charge in [0.05, 0.1) is 6.04 Å². The first-order valence-corrected chi connectivity index (χ1v) is 7.48. The molecule has 5 heteroatoms. The molecule has 0 aliphatic heterocycles. The fourth-order valence-electron chi connectivity index (χ4n) is 2.06. The maximum Gasteiger partial charge on any atom is 0.241 e. The molecule has 21 heavy (non-hydrogen) atoms. The second-order valence-corrected chi connectivity index (χ2v) is 5.63. The number of benzene rings is 1. The van der Waals surface area contributed by atoms with Crippen molar-refractivity contribution < 1.29 is 9.21 Å². The van der Waals surface area contributed by atoms with Crippen LogP contribution in [0.25, 0.3) is 11.1 Å². The second-order valence-electron chi connectivity index (χ2n) is 5.63. The van der Waals surface area contributed by atoms with Crippen LogP contribution in [0.3, 0.4) is 0 Å². The van der Waals surface area contributed by atoms with Gasteiger partial charge in [-0.05, 0) is 24.6 Å². The lowest BCUT2D eigenvalue weighted by atomic mass is 10.1. The molecule has 0 bridgehead atoms. The van der Waals surface area contributed by atoms with Crippen molar-refractivity contribution in [2.24, 2.45) is 5.73 Å². The van der Waals surface area contributed by atoms with Crippen LogP contribution in [0.2, 0.25) is 0 Å². The lowest BCUT2D eigenvalue weighted by Gasteiger charge is -2.11. The summed E-state index contributed by atoms with van der Waals surface area (Å²) in [7, 11) is 0. The van der Waals surface area contributed by atoms with E-state index in [-0.39, 0.29) is 11.8 Å². The molecule has 0 aliphatic carbocycles. The van der Waals surface area contributed by atoms with Crippen LogP contribution in [0.15, 0.2) is 22.6 Å². The number of nitrogens with zero attached hydrogens (tertiary/aromatic N) is 1. The molecule has 1 unspecified atom stereocenters. The third-order valence-electron chi connectivity index (χ3n) is 3.37. The fraction of sp³-hybridized carbons (Fsp3) is 0.500. The summed E-state index contributed by atoms with van der Waals surface area (Å²) >= 11 is 0. The summed E-state index contributed by atoms with van der Waals surface area (Å²) in [6.07, 6.45) is 2.69. The molecule has 114 valence electrons. The van der Waals surface area contributed by atoms with Crippen molar-refractivity contribution >= 4 is 22.7 Å². The Morgan fingerprint density at radius 2 is 2.19 bits per heavy atom. The monoisotopic (exact) mass is 289 g/mol. The lowest BCUT2D eigenvalue weighted by Crippen LogP contribution is -2.35. The number of anilines is 1. The number of fused-ring (bicyclic) bond motifs is 1. The summed E-state index contributed by atoms with van der Waals surface area (Å²) < 4.78 is 5.64. The Hall–Kier alpha value is -1.88. The average molecular weight is 289 g/mol. The zero-order valence-corrected chi connectivity index (χ0v) is 12.8. The molecule has 5 nitrogen and oxygen atoms in total. The van der Waals surface area contributed by atoms with E-state index in [1.807, 2.05) is 32.0 Å². The van der Waals surface area contributed by atoms with Crippen LogP contribution in [0.4, 0.5) is 5.69 Å². The molecule has 0 spiro atoms. The first kappa shape index (κ1) is 15.5. The number of carbonyl (C=O) groups excluding carboxylic acids is 1. The summed E-state index contributed by atoms with van der Waals surface area (Å²) in [6, 6.07) is 4.97. The molecule has 2 aromatic rings. The second kappa shape index (κ2) is 6.72. The molecule has 0 radical (unpaired) electrons. The van der Waals surface area contributed by atoms with E-state index < -0.39 is 6.04 Å². The number of hydrogen-bond acceptors (Lipinski definition) is 4. The van der Waals surface area contributed by atoms with E-state index in [1.54, 1.807) is 0 Å². The van der Waals surface area contributed by atoms with Crippen molar-refractivity contribution in [3.8, 4) is 0 Å². The SMILES string of the molecule is CCCCC(N)C(=O)Nc1ccc2oc(C(C)C)nc2c1. The zero-order valence-electron chi connectivity index (χ0n) is 12.8. The lowest BCUT2D eigenvalue weighted by molar-refractivity contribution is -0.117. The van der Waals surface area contributed by atoms with E-state index in [0.29, 0.717) is 18.0 Å². The van der Waals surface area contributed by atoms with Gasteiger partial charge in [0.25, 0.3) is 0 Å². The van der Waals surface area contributed by atoms with Gasteiger partial charge in [0, 0.05) is 11.6 Å². The van der Waals surface area contributed by atoms with Gasteiger partial charge in [-0.2, -0.15) is 0 Å². The van der Waals surface area contributed by atoms with Gasteiger partial charge in [-0.15, -0.1) is 0 Å². The molecule has 0 saturated carbocycles. The van der Waals surface area contributed by atoms with Crippen LogP contribution >= 0.6 is 0 Å². The normalized spacial score (nSPS) is 12.8. The first-order valence-electron chi connectivity index (χ1n) is 7.48. The van der Waals surface area contributed by atoms with Crippen LogP contribution < -0.4 is 11.1 Å². The first-order chi connectivity index (χ1) is 10.0. The zero-order chi connectivity index (χ0) is 15.4. The minimum atomic E-state index is -0.468. The molecular formula is C16H23N3O2. The van der Waals surface area contributed by atoms with Gasteiger partial charge in [0.15, 0.2) is 11.5 Å². The van der Waals surface area contributed by atoms with Crippen molar-refractivity contribution in [2.75, 3.05) is 5.32 Å². The summed E-state index contributed by atoms with van der Waals surface area (Å²) in [5.74, 6) is 0.779. The van der Waals surface area contributed by atoms with Gasteiger partial charge in [-0.1, -0.05) is 33.6 Å². The van der Waals surface area contributed by atoms with E-state index in [0.717, 1.165) is 23.9 Å². The third kappa shape index (κ3) is 3.82. The number of aromatic nitrogens is 1. The Bertz CT molecular complexity index is 619. The van der Waals surface area contributed by atoms with E-state index in [2.05, 4.69) is 17.2 Å². The van der Waals surface area contributed by atoms with E-state index in [1.165, 1.54) is 0 Å². The summed E-state index contributed by atoms with van der Waals surface area (Å²) in [6.45, 7) is 6.13. The highest BCUT2D eigenvalue weighted by atomic mass is 16.3. The smallest absolute Gasteiger partial charge is 0.241 e. The molecule has 0 aliphatic rings. The Morgan fingerprint density at radius 3 is 2.86 bits per heavy atom. The van der Waals surface area contributed by atoms with Crippen molar-refractivity contribution in [2.45, 2.75) is 52.0 Å². The van der Waals surface area contributed by atoms with E-state index in [9.17, 15) is 4.79 Å². The predicted molar refractivity (Wildman–Crippen MR) is 84.2 cm³/mol. The van der Waals surface area contributed by atoms with Crippen LogP contribution in [0, 0.1) is 0 Å². The van der Waals surface area contributed by atoms with E-state index in [4.69, 9.17) is 10.2 Å².